The number of rotatable bonds is 12. The third-order valence-corrected chi connectivity index (χ3v) is 6.85. The molecule has 0 aliphatic heterocycles. The van der Waals surface area contributed by atoms with Gasteiger partial charge in [0, 0.05) is 31.3 Å². The van der Waals surface area contributed by atoms with Gasteiger partial charge in [-0.2, -0.15) is 0 Å². The predicted octanol–water partition coefficient (Wildman–Crippen LogP) is 4.66. The fourth-order valence-electron chi connectivity index (χ4n) is 4.94. The first kappa shape index (κ1) is 27.2. The molecule has 0 radical (unpaired) electrons. The quantitative estimate of drug-likeness (QED) is 0.247. The van der Waals surface area contributed by atoms with Crippen LogP contribution in [0.1, 0.15) is 41.0 Å². The number of aromatic amines is 1. The molecule has 1 unspecified atom stereocenters. The number of hydrogen-bond acceptors (Lipinski definition) is 7. The summed E-state index contributed by atoms with van der Waals surface area (Å²) in [5, 5.41) is 13.7. The zero-order chi connectivity index (χ0) is 27.9. The van der Waals surface area contributed by atoms with Crippen molar-refractivity contribution in [3.8, 4) is 5.75 Å². The lowest BCUT2D eigenvalue weighted by Gasteiger charge is -2.31. The number of fused-ring (bicyclic) bond motifs is 1. The van der Waals surface area contributed by atoms with Crippen molar-refractivity contribution in [1.82, 2.24) is 30.1 Å². The van der Waals surface area contributed by atoms with Crippen molar-refractivity contribution in [3.63, 3.8) is 0 Å². The molecule has 9 nitrogen and oxygen atoms in total. The highest BCUT2D eigenvalue weighted by atomic mass is 16.5. The SMILES string of the molecule is CCOc1ccc(CN(Cc2ccccc2)C(c2cc3cc(C)ccc3[nH]c2=O)c2nnnn2CCOC)cc1. The van der Waals surface area contributed by atoms with E-state index in [0.717, 1.165) is 33.3 Å². The Morgan fingerprint density at radius 1 is 0.975 bits per heavy atom. The number of pyridine rings is 1. The van der Waals surface area contributed by atoms with E-state index in [2.05, 4.69) is 55.7 Å². The van der Waals surface area contributed by atoms with Gasteiger partial charge in [0.15, 0.2) is 5.82 Å². The van der Waals surface area contributed by atoms with Crippen LogP contribution in [0.5, 0.6) is 5.75 Å². The second-order valence-electron chi connectivity index (χ2n) is 9.77. The Labute approximate surface area is 233 Å². The summed E-state index contributed by atoms with van der Waals surface area (Å²) < 4.78 is 12.7. The van der Waals surface area contributed by atoms with E-state index in [4.69, 9.17) is 9.47 Å². The molecule has 206 valence electrons. The molecule has 2 aromatic heterocycles. The number of nitrogens with one attached hydrogen (secondary N) is 1. The first-order valence-corrected chi connectivity index (χ1v) is 13.4. The topological polar surface area (TPSA) is 98.2 Å². The molecule has 0 spiro atoms. The van der Waals surface area contributed by atoms with E-state index in [1.54, 1.807) is 11.8 Å². The maximum Gasteiger partial charge on any atom is 0.253 e. The normalized spacial score (nSPS) is 12.2. The summed E-state index contributed by atoms with van der Waals surface area (Å²) in [5.74, 6) is 1.40. The average molecular weight is 539 g/mol. The van der Waals surface area contributed by atoms with Crippen molar-refractivity contribution in [3.05, 3.63) is 117 Å². The largest absolute Gasteiger partial charge is 0.494 e. The molecule has 1 atom stereocenters. The summed E-state index contributed by atoms with van der Waals surface area (Å²) in [6, 6.07) is 25.7. The smallest absolute Gasteiger partial charge is 0.253 e. The van der Waals surface area contributed by atoms with E-state index in [-0.39, 0.29) is 5.56 Å². The zero-order valence-corrected chi connectivity index (χ0v) is 23.1. The molecule has 3 aromatic carbocycles. The van der Waals surface area contributed by atoms with Gasteiger partial charge >= 0.3 is 0 Å². The first-order chi connectivity index (χ1) is 19.6. The minimum absolute atomic E-state index is 0.174. The van der Waals surface area contributed by atoms with Crippen LogP contribution in [0.4, 0.5) is 0 Å². The zero-order valence-electron chi connectivity index (χ0n) is 23.1. The van der Waals surface area contributed by atoms with Crippen molar-refractivity contribution in [2.75, 3.05) is 20.3 Å². The number of methoxy groups -OCH3 is 1. The third-order valence-electron chi connectivity index (χ3n) is 6.85. The lowest BCUT2D eigenvalue weighted by atomic mass is 10.0. The number of tetrazole rings is 1. The van der Waals surface area contributed by atoms with Crippen LogP contribution in [0, 0.1) is 6.92 Å². The molecule has 0 saturated carbocycles. The van der Waals surface area contributed by atoms with Crippen molar-refractivity contribution < 1.29 is 9.47 Å². The molecule has 0 aliphatic carbocycles. The summed E-state index contributed by atoms with van der Waals surface area (Å²) in [4.78, 5) is 19.0. The van der Waals surface area contributed by atoms with Gasteiger partial charge in [-0.15, -0.1) is 5.10 Å². The fraction of sp³-hybridized carbons (Fsp3) is 0.290. The Kier molecular flexibility index (Phi) is 8.63. The molecular formula is C31H34N6O3. The number of aromatic nitrogens is 5. The van der Waals surface area contributed by atoms with Crippen molar-refractivity contribution in [2.45, 2.75) is 39.5 Å². The maximum atomic E-state index is 13.7. The maximum absolute atomic E-state index is 13.7. The summed E-state index contributed by atoms with van der Waals surface area (Å²) in [6.45, 7) is 6.64. The number of ether oxygens (including phenoxy) is 2. The van der Waals surface area contributed by atoms with Crippen LogP contribution in [-0.2, 0) is 24.4 Å². The van der Waals surface area contributed by atoms with E-state index in [1.165, 1.54) is 0 Å². The molecule has 5 rings (SSSR count). The van der Waals surface area contributed by atoms with E-state index >= 15 is 0 Å². The second-order valence-corrected chi connectivity index (χ2v) is 9.77. The monoisotopic (exact) mass is 538 g/mol. The summed E-state index contributed by atoms with van der Waals surface area (Å²) in [6.07, 6.45) is 0. The lowest BCUT2D eigenvalue weighted by molar-refractivity contribution is 0.169. The number of benzene rings is 3. The highest BCUT2D eigenvalue weighted by Crippen LogP contribution is 2.30. The van der Waals surface area contributed by atoms with Gasteiger partial charge in [-0.3, -0.25) is 9.69 Å². The second kappa shape index (κ2) is 12.7. The molecule has 0 amide bonds. The van der Waals surface area contributed by atoms with E-state index < -0.39 is 6.04 Å². The third kappa shape index (κ3) is 6.27. The van der Waals surface area contributed by atoms with Gasteiger partial charge in [-0.05, 0) is 71.1 Å². The van der Waals surface area contributed by atoms with Gasteiger partial charge < -0.3 is 14.5 Å². The van der Waals surface area contributed by atoms with Gasteiger partial charge in [-0.25, -0.2) is 4.68 Å². The Hall–Kier alpha value is -4.34. The Morgan fingerprint density at radius 2 is 1.73 bits per heavy atom. The predicted molar refractivity (Wildman–Crippen MR) is 154 cm³/mol. The van der Waals surface area contributed by atoms with Gasteiger partial charge in [-0.1, -0.05) is 54.1 Å². The Morgan fingerprint density at radius 3 is 2.45 bits per heavy atom. The van der Waals surface area contributed by atoms with Gasteiger partial charge in [0.2, 0.25) is 0 Å². The average Bonchev–Trinajstić information content (AvgIpc) is 3.42. The van der Waals surface area contributed by atoms with Crippen molar-refractivity contribution >= 4 is 10.9 Å². The van der Waals surface area contributed by atoms with Crippen LogP contribution >= 0.6 is 0 Å². The highest BCUT2D eigenvalue weighted by molar-refractivity contribution is 5.79. The molecule has 0 aliphatic rings. The molecule has 40 heavy (non-hydrogen) atoms. The van der Waals surface area contributed by atoms with Crippen LogP contribution in [0.15, 0.2) is 83.7 Å². The van der Waals surface area contributed by atoms with Crippen LogP contribution in [-0.4, -0.2) is 50.4 Å². The number of nitrogens with zero attached hydrogens (tertiary/aromatic N) is 5. The minimum atomic E-state index is -0.535. The van der Waals surface area contributed by atoms with Crippen LogP contribution in [0.25, 0.3) is 10.9 Å². The summed E-state index contributed by atoms with van der Waals surface area (Å²) in [5.41, 5.74) is 4.50. The molecule has 5 aromatic rings. The van der Waals surface area contributed by atoms with Crippen molar-refractivity contribution in [1.29, 1.82) is 0 Å². The number of aryl methyl sites for hydroxylation is 1. The molecule has 2 heterocycles. The lowest BCUT2D eigenvalue weighted by Crippen LogP contribution is -2.35. The van der Waals surface area contributed by atoms with E-state index in [1.807, 2.05) is 62.4 Å². The fourth-order valence-corrected chi connectivity index (χ4v) is 4.94. The Bertz CT molecular complexity index is 1600. The molecule has 0 fully saturated rings. The molecular weight excluding hydrogens is 504 g/mol. The molecule has 9 heteroatoms. The number of hydrogen-bond donors (Lipinski definition) is 1. The standard InChI is InChI=1S/C31H34N6O3/c1-4-40-26-13-11-24(12-14-26)21-36(20-23-8-6-5-7-9-23)29(30-33-34-35-37(30)16-17-39-3)27-19-25-18-22(2)10-15-28(25)32-31(27)38/h5-15,18-19,29H,4,16-17,20-21H2,1-3H3,(H,32,38). The van der Waals surface area contributed by atoms with E-state index in [0.29, 0.717) is 44.2 Å². The molecule has 1 N–H and O–H groups in total. The minimum Gasteiger partial charge on any atom is -0.494 e. The molecule has 0 saturated heterocycles. The molecule has 0 bridgehead atoms. The van der Waals surface area contributed by atoms with Crippen LogP contribution < -0.4 is 10.3 Å². The van der Waals surface area contributed by atoms with Gasteiger partial charge in [0.05, 0.1) is 19.8 Å². The van der Waals surface area contributed by atoms with Crippen molar-refractivity contribution in [2.24, 2.45) is 0 Å². The van der Waals surface area contributed by atoms with Crippen LogP contribution in [0.2, 0.25) is 0 Å². The van der Waals surface area contributed by atoms with Crippen LogP contribution in [0.3, 0.4) is 0 Å². The summed E-state index contributed by atoms with van der Waals surface area (Å²) in [7, 11) is 1.64. The summed E-state index contributed by atoms with van der Waals surface area (Å²) >= 11 is 0. The highest BCUT2D eigenvalue weighted by Gasteiger charge is 2.31. The van der Waals surface area contributed by atoms with Gasteiger partial charge in [0.1, 0.15) is 11.8 Å². The number of H-pyrrole nitrogens is 1. The Balaban J connectivity index is 1.66. The van der Waals surface area contributed by atoms with Gasteiger partial charge in [0.25, 0.3) is 5.56 Å². The first-order valence-electron chi connectivity index (χ1n) is 13.4. The van der Waals surface area contributed by atoms with E-state index in [9.17, 15) is 4.79 Å².